The minimum absolute atomic E-state index is 0. The molecule has 0 aliphatic heterocycles. The van der Waals surface area contributed by atoms with Gasteiger partial charge < -0.3 is 0 Å². The molecule has 0 amide bonds. The molecule has 0 aromatic carbocycles. The van der Waals surface area contributed by atoms with Gasteiger partial charge in [-0.3, -0.25) is 0 Å². The molecule has 0 aliphatic rings. The Kier molecular flexibility index (Phi) is 136. The van der Waals surface area contributed by atoms with E-state index in [1.54, 1.807) is 0 Å². The monoisotopic (exact) mass is 265 g/mol. The van der Waals surface area contributed by atoms with E-state index in [1.807, 2.05) is 0 Å². The molecule has 0 nitrogen and oxygen atoms in total. The van der Waals surface area contributed by atoms with Crippen molar-refractivity contribution in [3.8, 4) is 0 Å². The third kappa shape index (κ3) is 8.82. The van der Waals surface area contributed by atoms with Crippen molar-refractivity contribution in [1.29, 1.82) is 0 Å². The molecule has 0 aromatic rings. The quantitative estimate of drug-likeness (QED) is 0.421. The molecule has 0 heterocycles. The summed E-state index contributed by atoms with van der Waals surface area (Å²) in [5.41, 5.74) is 0. The summed E-state index contributed by atoms with van der Waals surface area (Å²) >= 11 is 0. The van der Waals surface area contributed by atoms with Crippen LogP contribution >= 0.6 is 0 Å². The fourth-order valence-corrected chi connectivity index (χ4v) is 0. The number of rotatable bonds is 0. The van der Waals surface area contributed by atoms with Gasteiger partial charge in [0.05, 0.1) is 0 Å². The summed E-state index contributed by atoms with van der Waals surface area (Å²) < 4.78 is 0. The predicted molar refractivity (Wildman–Crippen MR) is 21.3 cm³/mol. The molecule has 0 aliphatic carbocycles. The van der Waals surface area contributed by atoms with Gasteiger partial charge in [0.15, 0.2) is 17.4 Å². The Morgan fingerprint density at radius 1 is 1.00 bits per heavy atom. The van der Waals surface area contributed by atoms with Crippen molar-refractivity contribution in [3.63, 3.8) is 0 Å². The fourth-order valence-electron chi connectivity index (χ4n) is 0. The molecule has 0 aromatic heterocycles. The second-order valence-corrected chi connectivity index (χ2v) is 0. The zero-order valence-electron chi connectivity index (χ0n) is 1.28. The van der Waals surface area contributed by atoms with E-state index < -0.39 is 0 Å². The molecule has 0 spiro atoms. The molecule has 0 atom stereocenters. The first-order chi connectivity index (χ1) is 0. The third-order valence-corrected chi connectivity index (χ3v) is 0. The smallest absolute Gasteiger partial charge is 0.0149 e. The summed E-state index contributed by atoms with van der Waals surface area (Å²) in [6.45, 7) is 0. The summed E-state index contributed by atoms with van der Waals surface area (Å²) in [6, 6.07) is 0. The van der Waals surface area contributed by atoms with Crippen LogP contribution in [0.4, 0.5) is 0 Å². The van der Waals surface area contributed by atoms with Gasteiger partial charge >= 0.3 is 0 Å². The van der Waals surface area contributed by atoms with Gasteiger partial charge in [0.1, 0.15) is 0 Å². The second kappa shape index (κ2) is 17.6. The Bertz CT molecular complexity index is 8.00. The molecule has 0 unspecified atom stereocenters. The fraction of sp³-hybridized carbons (Fsp3) is 0. The molecule has 0 bridgehead atoms. The molecule has 4 heavy (non-hydrogen) atoms. The molecule has 0 fully saturated rings. The van der Waals surface area contributed by atoms with Gasteiger partial charge in [-0.05, 0) is 11.0 Å². The average molecular weight is 266 g/mol. The minimum atomic E-state index is 0. The van der Waals surface area contributed by atoms with Crippen molar-refractivity contribution in [2.24, 2.45) is 0 Å². The van der Waals surface area contributed by atoms with Crippen molar-refractivity contribution in [3.05, 3.63) is 0 Å². The van der Waals surface area contributed by atoms with Gasteiger partial charge in [0.2, 0.25) is 0 Å². The van der Waals surface area contributed by atoms with E-state index in [4.69, 9.17) is 0 Å². The summed E-state index contributed by atoms with van der Waals surface area (Å²) in [7, 11) is 0. The predicted octanol–water partition coefficient (Wildman–Crippen LogP) is -2.64. The SMILES string of the molecule is [AlH3].[La].[SiH4].[Zn]. The average Bonchev–Trinajstić information content (AvgIpc) is 0. The maximum atomic E-state index is 0. The van der Waals surface area contributed by atoms with Gasteiger partial charge in [-0.15, -0.1) is 0 Å². The van der Waals surface area contributed by atoms with Crippen molar-refractivity contribution in [2.75, 3.05) is 0 Å². The maximum Gasteiger partial charge on any atom is 0.187 e. The van der Waals surface area contributed by atoms with Crippen molar-refractivity contribution >= 4 is 28.3 Å². The van der Waals surface area contributed by atoms with E-state index >= 15 is 0 Å². The number of hydrogen-bond acceptors (Lipinski definition) is 0. The summed E-state index contributed by atoms with van der Waals surface area (Å²) in [5, 5.41) is 0. The first-order valence-corrected chi connectivity index (χ1v) is 0. The second-order valence-electron chi connectivity index (χ2n) is 0. The Hall–Kier alpha value is 2.57. The van der Waals surface area contributed by atoms with Gasteiger partial charge in [-0.1, -0.05) is 0 Å². The van der Waals surface area contributed by atoms with Crippen LogP contribution in [0.15, 0.2) is 0 Å². The molecule has 4 heteroatoms. The van der Waals surface area contributed by atoms with Crippen LogP contribution < -0.4 is 0 Å². The van der Waals surface area contributed by atoms with E-state index in [0.717, 1.165) is 0 Å². The summed E-state index contributed by atoms with van der Waals surface area (Å²) in [6.07, 6.45) is 0. The van der Waals surface area contributed by atoms with Crippen LogP contribution in [0.1, 0.15) is 0 Å². The molecule has 0 saturated carbocycles. The van der Waals surface area contributed by atoms with Crippen molar-refractivity contribution < 1.29 is 55.1 Å². The van der Waals surface area contributed by atoms with Crippen molar-refractivity contribution in [2.45, 2.75) is 0 Å². The van der Waals surface area contributed by atoms with Crippen LogP contribution in [0.2, 0.25) is 0 Å². The van der Waals surface area contributed by atoms with E-state index in [9.17, 15) is 0 Å². The summed E-state index contributed by atoms with van der Waals surface area (Å²) in [4.78, 5) is 0. The Morgan fingerprint density at radius 3 is 1.00 bits per heavy atom. The molecule has 0 saturated heterocycles. The standard InChI is InChI=1S/Al.La.H4Si.Zn.3H/h;;1H4;;;;. The number of hydrogen-bond donors (Lipinski definition) is 0. The largest absolute Gasteiger partial charge is 0.187 e. The zero-order chi connectivity index (χ0) is 0. The van der Waals surface area contributed by atoms with Crippen LogP contribution in [0.5, 0.6) is 0 Å². The van der Waals surface area contributed by atoms with Crippen LogP contribution in [-0.2, 0) is 19.5 Å². The van der Waals surface area contributed by atoms with E-state index in [0.29, 0.717) is 0 Å². The normalized spacial score (nSPS) is 0. The Labute approximate surface area is 82.0 Å². The molecule has 0 rings (SSSR count). The molecular weight excluding hydrogens is 259 g/mol. The van der Waals surface area contributed by atoms with Crippen molar-refractivity contribution in [1.82, 2.24) is 0 Å². The van der Waals surface area contributed by atoms with Gasteiger partial charge in [0, 0.05) is 55.1 Å². The van der Waals surface area contributed by atoms with Gasteiger partial charge in [-0.25, -0.2) is 0 Å². The molecule has 19 valence electrons. The molecular formula is H7AlLaSiZn. The Balaban J connectivity index is 0. The maximum absolute atomic E-state index is 0. The first-order valence-electron chi connectivity index (χ1n) is 0. The van der Waals surface area contributed by atoms with E-state index in [-0.39, 0.29) is 83.4 Å². The molecule has 0 N–H and O–H groups in total. The topological polar surface area (TPSA) is 0 Å². The first kappa shape index (κ1) is 30.9. The van der Waals surface area contributed by atoms with Crippen LogP contribution in [0.25, 0.3) is 0 Å². The zero-order valence-corrected chi connectivity index (χ0v) is 7.88. The van der Waals surface area contributed by atoms with Crippen LogP contribution in [-0.4, -0.2) is 28.3 Å². The van der Waals surface area contributed by atoms with Gasteiger partial charge in [-0.2, -0.15) is 0 Å². The van der Waals surface area contributed by atoms with Gasteiger partial charge in [0.25, 0.3) is 0 Å². The van der Waals surface area contributed by atoms with Crippen LogP contribution in [0, 0.1) is 35.6 Å². The van der Waals surface area contributed by atoms with Crippen LogP contribution in [0.3, 0.4) is 0 Å². The van der Waals surface area contributed by atoms with E-state index in [2.05, 4.69) is 0 Å². The third-order valence-electron chi connectivity index (χ3n) is 0. The Morgan fingerprint density at radius 2 is 1.00 bits per heavy atom. The molecule has 1 radical (unpaired) electrons. The minimum Gasteiger partial charge on any atom is -0.0149 e. The van der Waals surface area contributed by atoms with E-state index in [1.165, 1.54) is 0 Å². The summed E-state index contributed by atoms with van der Waals surface area (Å²) in [5.74, 6) is 0.